The maximum Gasteiger partial charge on any atom is 0.234 e. The van der Waals surface area contributed by atoms with Crippen molar-refractivity contribution in [1.29, 1.82) is 0 Å². The highest BCUT2D eigenvalue weighted by Crippen LogP contribution is 2.09. The summed E-state index contributed by atoms with van der Waals surface area (Å²) < 4.78 is 0. The van der Waals surface area contributed by atoms with E-state index in [1.807, 2.05) is 6.92 Å². The second-order valence-electron chi connectivity index (χ2n) is 5.49. The Morgan fingerprint density at radius 2 is 2.11 bits per heavy atom. The van der Waals surface area contributed by atoms with Crippen LogP contribution in [0, 0.1) is 5.92 Å². The molecule has 1 aliphatic heterocycles. The Morgan fingerprint density at radius 1 is 1.44 bits per heavy atom. The number of likely N-dealkylation sites (N-methyl/N-ethyl adjacent to an activating group) is 1. The minimum Gasteiger partial charge on any atom is -0.352 e. The molecule has 0 bridgehead atoms. The molecule has 1 heterocycles. The average Bonchev–Trinajstić information content (AvgIpc) is 2.30. The lowest BCUT2D eigenvalue weighted by Gasteiger charge is -2.30. The molecule has 1 fully saturated rings. The minimum atomic E-state index is 0.0238. The number of amides is 2. The molecule has 0 radical (unpaired) electrons. The van der Waals surface area contributed by atoms with Gasteiger partial charge in [-0.1, -0.05) is 13.8 Å². The maximum absolute atomic E-state index is 11.7. The number of likely N-dealkylation sites (tertiary alicyclic amines) is 1. The molecular weight excluding hydrogens is 230 g/mol. The number of carbonyl (C=O) groups is 2. The molecule has 5 heteroatoms. The van der Waals surface area contributed by atoms with E-state index in [9.17, 15) is 9.59 Å². The van der Waals surface area contributed by atoms with Gasteiger partial charge in [0.1, 0.15) is 0 Å². The molecule has 2 unspecified atom stereocenters. The van der Waals surface area contributed by atoms with Gasteiger partial charge in [-0.05, 0) is 19.3 Å². The molecule has 5 nitrogen and oxygen atoms in total. The van der Waals surface area contributed by atoms with Gasteiger partial charge in [0.05, 0.1) is 6.54 Å². The molecular formula is C13H25N3O2. The predicted molar refractivity (Wildman–Crippen MR) is 71.1 cm³/mol. The zero-order valence-corrected chi connectivity index (χ0v) is 11.8. The molecule has 0 spiro atoms. The number of carbonyl (C=O) groups excluding carboxylic acids is 2. The summed E-state index contributed by atoms with van der Waals surface area (Å²) in [7, 11) is 1.80. The van der Waals surface area contributed by atoms with Crippen LogP contribution in [0.2, 0.25) is 0 Å². The Bertz CT molecular complexity index is 305. The average molecular weight is 255 g/mol. The van der Waals surface area contributed by atoms with E-state index in [-0.39, 0.29) is 23.9 Å². The van der Waals surface area contributed by atoms with Gasteiger partial charge in [-0.2, -0.15) is 0 Å². The lowest BCUT2D eigenvalue weighted by molar-refractivity contribution is -0.132. The molecule has 0 aromatic heterocycles. The van der Waals surface area contributed by atoms with Gasteiger partial charge in [0.15, 0.2) is 0 Å². The Labute approximate surface area is 109 Å². The Hall–Kier alpha value is -1.10. The lowest BCUT2D eigenvalue weighted by Crippen LogP contribution is -2.50. The molecule has 0 aromatic rings. The van der Waals surface area contributed by atoms with Gasteiger partial charge in [-0.3, -0.25) is 9.59 Å². The SMILES string of the molecule is CC(C)C(C)NC(=O)CNC1CCC(=O)N(C)C1. The molecule has 104 valence electrons. The van der Waals surface area contributed by atoms with Crippen molar-refractivity contribution in [2.45, 2.75) is 45.7 Å². The molecule has 18 heavy (non-hydrogen) atoms. The molecule has 0 saturated carbocycles. The lowest BCUT2D eigenvalue weighted by atomic mass is 10.1. The summed E-state index contributed by atoms with van der Waals surface area (Å²) in [6.45, 7) is 7.19. The van der Waals surface area contributed by atoms with Gasteiger partial charge in [-0.25, -0.2) is 0 Å². The predicted octanol–water partition coefficient (Wildman–Crippen LogP) is 0.358. The third-order valence-corrected chi connectivity index (χ3v) is 3.57. The normalized spacial score (nSPS) is 22.2. The van der Waals surface area contributed by atoms with Gasteiger partial charge >= 0.3 is 0 Å². The Kier molecular flexibility index (Phi) is 5.59. The van der Waals surface area contributed by atoms with Crippen molar-refractivity contribution in [2.24, 2.45) is 5.92 Å². The van der Waals surface area contributed by atoms with Crippen LogP contribution in [0.1, 0.15) is 33.6 Å². The number of hydrogen-bond donors (Lipinski definition) is 2. The van der Waals surface area contributed by atoms with Crippen LogP contribution in [0.15, 0.2) is 0 Å². The first-order valence-corrected chi connectivity index (χ1v) is 6.67. The van der Waals surface area contributed by atoms with Crippen molar-refractivity contribution in [3.8, 4) is 0 Å². The smallest absolute Gasteiger partial charge is 0.234 e. The minimum absolute atomic E-state index is 0.0238. The van der Waals surface area contributed by atoms with E-state index in [4.69, 9.17) is 0 Å². The quantitative estimate of drug-likeness (QED) is 0.745. The van der Waals surface area contributed by atoms with Crippen molar-refractivity contribution in [3.63, 3.8) is 0 Å². The van der Waals surface area contributed by atoms with Crippen LogP contribution in [0.25, 0.3) is 0 Å². The van der Waals surface area contributed by atoms with Crippen LogP contribution in [0.5, 0.6) is 0 Å². The van der Waals surface area contributed by atoms with E-state index in [1.54, 1.807) is 11.9 Å². The van der Waals surface area contributed by atoms with Gasteiger partial charge in [0.2, 0.25) is 11.8 Å². The first kappa shape index (κ1) is 15.0. The molecule has 2 atom stereocenters. The van der Waals surface area contributed by atoms with E-state index in [2.05, 4.69) is 24.5 Å². The summed E-state index contributed by atoms with van der Waals surface area (Å²) >= 11 is 0. The zero-order valence-electron chi connectivity index (χ0n) is 11.8. The summed E-state index contributed by atoms with van der Waals surface area (Å²) in [6, 6.07) is 0.419. The number of nitrogens with one attached hydrogen (secondary N) is 2. The van der Waals surface area contributed by atoms with Crippen LogP contribution in [0.3, 0.4) is 0 Å². The Morgan fingerprint density at radius 3 is 2.67 bits per heavy atom. The van der Waals surface area contributed by atoms with Gasteiger partial charge in [-0.15, -0.1) is 0 Å². The van der Waals surface area contributed by atoms with E-state index >= 15 is 0 Å². The molecule has 1 aliphatic rings. The van der Waals surface area contributed by atoms with E-state index in [0.717, 1.165) is 6.42 Å². The van der Waals surface area contributed by atoms with Crippen LogP contribution in [-0.4, -0.2) is 48.9 Å². The fraction of sp³-hybridized carbons (Fsp3) is 0.846. The number of nitrogens with zero attached hydrogens (tertiary/aromatic N) is 1. The first-order valence-electron chi connectivity index (χ1n) is 6.67. The van der Waals surface area contributed by atoms with Gasteiger partial charge < -0.3 is 15.5 Å². The van der Waals surface area contributed by atoms with Gasteiger partial charge in [0, 0.05) is 32.1 Å². The number of rotatable bonds is 5. The second kappa shape index (κ2) is 6.73. The van der Waals surface area contributed by atoms with Crippen LogP contribution >= 0.6 is 0 Å². The maximum atomic E-state index is 11.7. The van der Waals surface area contributed by atoms with Crippen molar-refractivity contribution in [1.82, 2.24) is 15.5 Å². The third-order valence-electron chi connectivity index (χ3n) is 3.57. The van der Waals surface area contributed by atoms with Crippen molar-refractivity contribution >= 4 is 11.8 Å². The van der Waals surface area contributed by atoms with Crippen LogP contribution in [-0.2, 0) is 9.59 Å². The zero-order chi connectivity index (χ0) is 13.7. The third kappa shape index (κ3) is 4.64. The molecule has 2 N–H and O–H groups in total. The van der Waals surface area contributed by atoms with Crippen molar-refractivity contribution in [3.05, 3.63) is 0 Å². The summed E-state index contributed by atoms with van der Waals surface area (Å²) in [5.41, 5.74) is 0. The van der Waals surface area contributed by atoms with E-state index in [1.165, 1.54) is 0 Å². The van der Waals surface area contributed by atoms with Gasteiger partial charge in [0.25, 0.3) is 0 Å². The van der Waals surface area contributed by atoms with Crippen LogP contribution in [0.4, 0.5) is 0 Å². The second-order valence-corrected chi connectivity index (χ2v) is 5.49. The molecule has 0 aliphatic carbocycles. The number of piperidine rings is 1. The fourth-order valence-corrected chi connectivity index (χ4v) is 1.89. The van der Waals surface area contributed by atoms with Crippen molar-refractivity contribution < 1.29 is 9.59 Å². The van der Waals surface area contributed by atoms with Crippen LogP contribution < -0.4 is 10.6 Å². The summed E-state index contributed by atoms with van der Waals surface area (Å²) in [5.74, 6) is 0.647. The molecule has 1 saturated heterocycles. The molecule has 2 amide bonds. The number of hydrogen-bond acceptors (Lipinski definition) is 3. The molecule has 1 rings (SSSR count). The topological polar surface area (TPSA) is 61.4 Å². The van der Waals surface area contributed by atoms with E-state index < -0.39 is 0 Å². The van der Waals surface area contributed by atoms with E-state index in [0.29, 0.717) is 25.4 Å². The largest absolute Gasteiger partial charge is 0.352 e. The highest BCUT2D eigenvalue weighted by Gasteiger charge is 2.23. The highest BCUT2D eigenvalue weighted by atomic mass is 16.2. The fourth-order valence-electron chi connectivity index (χ4n) is 1.89. The van der Waals surface area contributed by atoms with Crippen molar-refractivity contribution in [2.75, 3.05) is 20.1 Å². The highest BCUT2D eigenvalue weighted by molar-refractivity contribution is 5.78. The monoisotopic (exact) mass is 255 g/mol. The summed E-state index contributed by atoms with van der Waals surface area (Å²) in [4.78, 5) is 24.7. The standard InChI is InChI=1S/C13H25N3O2/c1-9(2)10(3)15-12(17)7-14-11-5-6-13(18)16(4)8-11/h9-11,14H,5-8H2,1-4H3,(H,15,17). The first-order chi connectivity index (χ1) is 8.40. The molecule has 0 aromatic carbocycles. The summed E-state index contributed by atoms with van der Waals surface area (Å²) in [6.07, 6.45) is 1.38. The summed E-state index contributed by atoms with van der Waals surface area (Å²) in [5, 5.41) is 6.17. The Balaban J connectivity index is 2.24.